The van der Waals surface area contributed by atoms with Crippen molar-refractivity contribution in [2.24, 2.45) is 0 Å². The molecule has 0 radical (unpaired) electrons. The summed E-state index contributed by atoms with van der Waals surface area (Å²) < 4.78 is 37.8. The number of nitrogens with one attached hydrogen (secondary N) is 1. The van der Waals surface area contributed by atoms with Crippen molar-refractivity contribution in [3.63, 3.8) is 0 Å². The van der Waals surface area contributed by atoms with Crippen LogP contribution in [-0.4, -0.2) is 45.4 Å². The van der Waals surface area contributed by atoms with Gasteiger partial charge >= 0.3 is 5.97 Å². The Kier molecular flexibility index (Phi) is 8.20. The average molecular weight is 494 g/mol. The van der Waals surface area contributed by atoms with Crippen LogP contribution in [0.2, 0.25) is 0 Å². The van der Waals surface area contributed by atoms with E-state index in [2.05, 4.69) is 5.32 Å². The Hall–Kier alpha value is -4.20. The van der Waals surface area contributed by atoms with Gasteiger partial charge in [0.25, 0.3) is 5.91 Å². The summed E-state index contributed by atoms with van der Waals surface area (Å²) >= 11 is 0. The van der Waals surface area contributed by atoms with Crippen LogP contribution in [0.4, 0.5) is 5.69 Å². The van der Waals surface area contributed by atoms with Crippen LogP contribution < -0.4 is 10.1 Å². The van der Waals surface area contributed by atoms with Crippen LogP contribution >= 0.6 is 0 Å². The number of hydrogen-bond donors (Lipinski definition) is 1. The van der Waals surface area contributed by atoms with E-state index >= 15 is 0 Å². The number of carbonyl (C=O) groups excluding carboxylic acids is 2. The van der Waals surface area contributed by atoms with E-state index in [0.29, 0.717) is 11.3 Å². The van der Waals surface area contributed by atoms with Crippen molar-refractivity contribution >= 4 is 27.6 Å². The standard InChI is InChI=1S/C25H23N3O6S/c1-28(16-18-7-4-3-5-8-18)35(31,32)23-14-20(11-12-22(23)33-2)25(30)34-17-24(29)27-21-10-6-9-19(13-21)15-26/h3-14H,16-17H2,1-2H3,(H,27,29). The molecule has 3 aromatic carbocycles. The zero-order valence-corrected chi connectivity index (χ0v) is 19.9. The Morgan fingerprint density at radius 3 is 2.46 bits per heavy atom. The monoisotopic (exact) mass is 493 g/mol. The molecule has 35 heavy (non-hydrogen) atoms. The van der Waals surface area contributed by atoms with E-state index in [1.807, 2.05) is 24.3 Å². The highest BCUT2D eigenvalue weighted by molar-refractivity contribution is 7.89. The van der Waals surface area contributed by atoms with Gasteiger partial charge in [-0.05, 0) is 42.0 Å². The lowest BCUT2D eigenvalue weighted by molar-refractivity contribution is -0.119. The highest BCUT2D eigenvalue weighted by Crippen LogP contribution is 2.28. The van der Waals surface area contributed by atoms with Gasteiger partial charge in [-0.25, -0.2) is 13.2 Å². The number of nitriles is 1. The van der Waals surface area contributed by atoms with Crippen molar-refractivity contribution in [1.82, 2.24) is 4.31 Å². The minimum atomic E-state index is -4.02. The van der Waals surface area contributed by atoms with Crippen molar-refractivity contribution in [3.8, 4) is 11.8 Å². The molecule has 10 heteroatoms. The summed E-state index contributed by atoms with van der Waals surface area (Å²) in [6, 6.07) is 21.1. The van der Waals surface area contributed by atoms with E-state index in [9.17, 15) is 18.0 Å². The quantitative estimate of drug-likeness (QED) is 0.454. The van der Waals surface area contributed by atoms with Gasteiger partial charge in [0.2, 0.25) is 10.0 Å². The van der Waals surface area contributed by atoms with E-state index in [1.165, 1.54) is 32.4 Å². The molecule has 0 aliphatic heterocycles. The third-order valence-corrected chi connectivity index (χ3v) is 6.77. The molecule has 180 valence electrons. The SMILES string of the molecule is COc1ccc(C(=O)OCC(=O)Nc2cccc(C#N)c2)cc1S(=O)(=O)N(C)Cc1ccccc1. The highest BCUT2D eigenvalue weighted by Gasteiger charge is 2.27. The summed E-state index contributed by atoms with van der Waals surface area (Å²) in [5, 5.41) is 11.5. The van der Waals surface area contributed by atoms with Gasteiger partial charge in [-0.3, -0.25) is 4.79 Å². The summed E-state index contributed by atoms with van der Waals surface area (Å²) in [5.41, 5.74) is 1.48. The lowest BCUT2D eigenvalue weighted by Crippen LogP contribution is -2.27. The predicted octanol–water partition coefficient (Wildman–Crippen LogP) is 3.18. The van der Waals surface area contributed by atoms with Crippen LogP contribution in [0, 0.1) is 11.3 Å². The van der Waals surface area contributed by atoms with Gasteiger partial charge in [-0.15, -0.1) is 0 Å². The lowest BCUT2D eigenvalue weighted by atomic mass is 10.2. The third-order valence-electron chi connectivity index (χ3n) is 4.95. The van der Waals surface area contributed by atoms with Gasteiger partial charge in [-0.1, -0.05) is 36.4 Å². The summed E-state index contributed by atoms with van der Waals surface area (Å²) in [6.45, 7) is -0.480. The molecule has 0 aliphatic carbocycles. The Labute approximate surface area is 203 Å². The average Bonchev–Trinajstić information content (AvgIpc) is 2.87. The largest absolute Gasteiger partial charge is 0.495 e. The van der Waals surface area contributed by atoms with Crippen LogP contribution in [0.1, 0.15) is 21.5 Å². The number of carbonyl (C=O) groups is 2. The van der Waals surface area contributed by atoms with E-state index in [0.717, 1.165) is 15.9 Å². The molecule has 0 bridgehead atoms. The second kappa shape index (κ2) is 11.3. The highest BCUT2D eigenvalue weighted by atomic mass is 32.2. The molecule has 1 N–H and O–H groups in total. The Morgan fingerprint density at radius 2 is 1.77 bits per heavy atom. The molecule has 3 aromatic rings. The van der Waals surface area contributed by atoms with Crippen molar-refractivity contribution in [1.29, 1.82) is 5.26 Å². The lowest BCUT2D eigenvalue weighted by Gasteiger charge is -2.19. The van der Waals surface area contributed by atoms with Gasteiger partial charge in [0.1, 0.15) is 10.6 Å². The zero-order valence-electron chi connectivity index (χ0n) is 19.1. The van der Waals surface area contributed by atoms with Crippen LogP contribution in [0.15, 0.2) is 77.7 Å². The van der Waals surface area contributed by atoms with Crippen molar-refractivity contribution in [3.05, 3.63) is 89.5 Å². The Balaban J connectivity index is 1.72. The topological polar surface area (TPSA) is 126 Å². The molecule has 0 heterocycles. The van der Waals surface area contributed by atoms with Crippen LogP contribution in [-0.2, 0) is 26.1 Å². The molecule has 1 amide bonds. The second-order valence-corrected chi connectivity index (χ2v) is 9.44. The molecule has 0 saturated heterocycles. The van der Waals surface area contributed by atoms with Crippen LogP contribution in [0.3, 0.4) is 0 Å². The maximum absolute atomic E-state index is 13.2. The van der Waals surface area contributed by atoms with E-state index in [-0.39, 0.29) is 22.8 Å². The minimum Gasteiger partial charge on any atom is -0.495 e. The Morgan fingerprint density at radius 1 is 1.03 bits per heavy atom. The van der Waals surface area contributed by atoms with Crippen molar-refractivity contribution in [2.45, 2.75) is 11.4 Å². The van der Waals surface area contributed by atoms with E-state index in [4.69, 9.17) is 14.7 Å². The summed E-state index contributed by atoms with van der Waals surface area (Å²) in [7, 11) is -1.26. The van der Waals surface area contributed by atoms with Gasteiger partial charge in [0, 0.05) is 19.3 Å². The first-order valence-corrected chi connectivity index (χ1v) is 11.8. The number of nitrogens with zero attached hydrogens (tertiary/aromatic N) is 2. The summed E-state index contributed by atoms with van der Waals surface area (Å²) in [4.78, 5) is 24.5. The van der Waals surface area contributed by atoms with Gasteiger partial charge in [0.05, 0.1) is 24.3 Å². The molecule has 0 saturated carbocycles. The summed E-state index contributed by atoms with van der Waals surface area (Å²) in [6.07, 6.45) is 0. The zero-order chi connectivity index (χ0) is 25.4. The third kappa shape index (κ3) is 6.44. The molecule has 0 aromatic heterocycles. The Bertz CT molecular complexity index is 1370. The fraction of sp³-hybridized carbons (Fsp3) is 0.160. The van der Waals surface area contributed by atoms with Crippen molar-refractivity contribution in [2.75, 3.05) is 26.1 Å². The number of rotatable bonds is 9. The number of esters is 1. The summed E-state index contributed by atoms with van der Waals surface area (Å²) in [5.74, 6) is -1.43. The number of methoxy groups -OCH3 is 1. The predicted molar refractivity (Wildman–Crippen MR) is 128 cm³/mol. The van der Waals surface area contributed by atoms with Gasteiger partial charge < -0.3 is 14.8 Å². The molecule has 0 aliphatic rings. The fourth-order valence-electron chi connectivity index (χ4n) is 3.18. The molecular formula is C25H23N3O6S. The smallest absolute Gasteiger partial charge is 0.338 e. The van der Waals surface area contributed by atoms with E-state index in [1.54, 1.807) is 30.3 Å². The molecule has 9 nitrogen and oxygen atoms in total. The molecular weight excluding hydrogens is 470 g/mol. The number of sulfonamides is 1. The molecule has 0 fully saturated rings. The van der Waals surface area contributed by atoms with Gasteiger partial charge in [-0.2, -0.15) is 9.57 Å². The molecule has 0 unspecified atom stereocenters. The molecule has 0 spiro atoms. The number of amides is 1. The van der Waals surface area contributed by atoms with Crippen LogP contribution in [0.5, 0.6) is 5.75 Å². The van der Waals surface area contributed by atoms with Crippen molar-refractivity contribution < 1.29 is 27.5 Å². The van der Waals surface area contributed by atoms with Crippen LogP contribution in [0.25, 0.3) is 0 Å². The normalized spacial score (nSPS) is 10.9. The fourth-order valence-corrected chi connectivity index (χ4v) is 4.51. The number of hydrogen-bond acceptors (Lipinski definition) is 7. The molecule has 0 atom stereocenters. The van der Waals surface area contributed by atoms with Gasteiger partial charge in [0.15, 0.2) is 6.61 Å². The second-order valence-electron chi connectivity index (χ2n) is 7.43. The number of anilines is 1. The van der Waals surface area contributed by atoms with E-state index < -0.39 is 28.5 Å². The maximum Gasteiger partial charge on any atom is 0.338 e. The number of ether oxygens (including phenoxy) is 2. The minimum absolute atomic E-state index is 0.0586. The molecule has 3 rings (SSSR count). The first kappa shape index (κ1) is 25.4. The maximum atomic E-state index is 13.2. The first-order valence-electron chi connectivity index (χ1n) is 10.4. The number of benzene rings is 3. The first-order chi connectivity index (χ1) is 16.7.